The van der Waals surface area contributed by atoms with Crippen LogP contribution in [0.1, 0.15) is 97.9 Å². The van der Waals surface area contributed by atoms with Crippen LogP contribution < -0.4 is 60.2 Å². The van der Waals surface area contributed by atoms with E-state index in [1.54, 1.807) is 14.2 Å². The molecule has 2 unspecified atom stereocenters. The Morgan fingerprint density at radius 1 is 0.311 bits per heavy atom. The van der Waals surface area contributed by atoms with Gasteiger partial charge in [0.1, 0.15) is 34.5 Å². The van der Waals surface area contributed by atoms with Crippen molar-refractivity contribution < 1.29 is 28.4 Å². The van der Waals surface area contributed by atoms with Gasteiger partial charge in [0.15, 0.2) is 0 Å². The summed E-state index contributed by atoms with van der Waals surface area (Å²) < 4.78 is 40.3. The highest BCUT2D eigenvalue weighted by Crippen LogP contribution is 2.44. The molecule has 8 aromatic carbocycles. The first-order chi connectivity index (χ1) is 36.5. The van der Waals surface area contributed by atoms with Crippen molar-refractivity contribution in [2.75, 3.05) is 40.6 Å². The molecular formula is C66H70O6P2. The summed E-state index contributed by atoms with van der Waals surface area (Å²) in [6.45, 7) is 11.1. The van der Waals surface area contributed by atoms with Gasteiger partial charge in [-0.25, -0.2) is 0 Å². The van der Waals surface area contributed by atoms with Gasteiger partial charge >= 0.3 is 0 Å². The van der Waals surface area contributed by atoms with Gasteiger partial charge in [-0.3, -0.25) is 0 Å². The number of hydrogen-bond acceptors (Lipinski definition) is 6. The number of rotatable bonds is 20. The minimum absolute atomic E-state index is 0.592. The van der Waals surface area contributed by atoms with E-state index in [1.165, 1.54) is 31.8 Å². The first-order valence-electron chi connectivity index (χ1n) is 26.5. The maximum Gasteiger partial charge on any atom is 0.127 e. The molecular weight excluding hydrogens is 951 g/mol. The normalized spacial score (nSPS) is 12.8. The van der Waals surface area contributed by atoms with Gasteiger partial charge in [0.25, 0.3) is 0 Å². The highest BCUT2D eigenvalue weighted by Gasteiger charge is 2.29. The van der Waals surface area contributed by atoms with Crippen LogP contribution in [-0.2, 0) is 25.7 Å². The van der Waals surface area contributed by atoms with Gasteiger partial charge in [-0.2, -0.15) is 0 Å². The zero-order valence-electron chi connectivity index (χ0n) is 44.0. The van der Waals surface area contributed by atoms with Gasteiger partial charge in [-0.05, 0) is 144 Å². The molecule has 380 valence electrons. The Morgan fingerprint density at radius 2 is 0.595 bits per heavy atom. The summed E-state index contributed by atoms with van der Waals surface area (Å²) in [5.41, 5.74) is 9.00. The lowest BCUT2D eigenvalue weighted by Crippen LogP contribution is -2.24. The molecule has 0 spiro atoms. The number of benzene rings is 8. The molecule has 2 atom stereocenters. The second-order valence-corrected chi connectivity index (χ2v) is 23.2. The smallest absolute Gasteiger partial charge is 0.127 e. The Hall–Kier alpha value is -6.58. The molecule has 9 rings (SSSR count). The fraction of sp³-hybridized carbons (Fsp3) is 0.273. The predicted molar refractivity (Wildman–Crippen MR) is 311 cm³/mol. The van der Waals surface area contributed by atoms with Gasteiger partial charge in [-0.15, -0.1) is 0 Å². The largest absolute Gasteiger partial charge is 0.496 e. The van der Waals surface area contributed by atoms with Crippen molar-refractivity contribution >= 4 is 47.7 Å². The Morgan fingerprint density at radius 3 is 0.892 bits per heavy atom. The highest BCUT2D eigenvalue weighted by atomic mass is 31.1. The molecule has 0 amide bonds. The zero-order valence-corrected chi connectivity index (χ0v) is 45.8. The van der Waals surface area contributed by atoms with Crippen molar-refractivity contribution in [3.63, 3.8) is 0 Å². The Kier molecular flexibility index (Phi) is 18.1. The Bertz CT molecular complexity index is 2820. The maximum absolute atomic E-state index is 7.03. The summed E-state index contributed by atoms with van der Waals surface area (Å²) in [6.07, 6.45) is 5.94. The first kappa shape index (κ1) is 52.3. The topological polar surface area (TPSA) is 55.4 Å². The first-order valence-corrected chi connectivity index (χ1v) is 29.2. The third-order valence-corrected chi connectivity index (χ3v) is 18.2. The molecule has 6 nitrogen and oxygen atoms in total. The average Bonchev–Trinajstić information content (AvgIpc) is 3.43. The number of ether oxygens (including phenoxy) is 6. The molecule has 0 N–H and O–H groups in total. The SMILES string of the molecule is CCCOc1c2cccc1Cc1cc(P(c3ccccc3)c3ccccc3OC)cc(c1OCCC)Cc1cccc(c1OCCC)Cc1cc(P(c3ccccc3)c3ccccc3OC)cc(c1OCCC)C2. The van der Waals surface area contributed by atoms with Crippen LogP contribution in [0.3, 0.4) is 0 Å². The number of para-hydroxylation sites is 4. The average molecular weight is 1020 g/mol. The molecule has 1 aliphatic rings. The van der Waals surface area contributed by atoms with Crippen molar-refractivity contribution in [1.29, 1.82) is 0 Å². The summed E-state index contributed by atoms with van der Waals surface area (Å²) in [5, 5.41) is 7.30. The van der Waals surface area contributed by atoms with E-state index in [9.17, 15) is 0 Å². The summed E-state index contributed by atoms with van der Waals surface area (Å²) >= 11 is 0. The van der Waals surface area contributed by atoms with Gasteiger partial charge in [0.05, 0.1) is 40.6 Å². The van der Waals surface area contributed by atoms with Crippen molar-refractivity contribution in [2.24, 2.45) is 0 Å². The summed E-state index contributed by atoms with van der Waals surface area (Å²) in [4.78, 5) is 0. The lowest BCUT2D eigenvalue weighted by atomic mass is 9.91. The van der Waals surface area contributed by atoms with Crippen LogP contribution in [0, 0.1) is 0 Å². The second-order valence-electron chi connectivity index (χ2n) is 18.8. The fourth-order valence-electron chi connectivity index (χ4n) is 10.1. The van der Waals surface area contributed by atoms with Crippen molar-refractivity contribution in [1.82, 2.24) is 0 Å². The predicted octanol–water partition coefficient (Wildman–Crippen LogP) is 13.1. The van der Waals surface area contributed by atoms with Crippen LogP contribution in [-0.4, -0.2) is 40.6 Å². The molecule has 0 fully saturated rings. The van der Waals surface area contributed by atoms with E-state index in [-0.39, 0.29) is 0 Å². The molecule has 1 aliphatic carbocycles. The van der Waals surface area contributed by atoms with E-state index >= 15 is 0 Å². The highest BCUT2D eigenvalue weighted by molar-refractivity contribution is 7.80. The van der Waals surface area contributed by atoms with E-state index in [1.807, 2.05) is 0 Å². The van der Waals surface area contributed by atoms with E-state index in [0.29, 0.717) is 52.1 Å². The summed E-state index contributed by atoms with van der Waals surface area (Å²) in [5.74, 6) is 5.47. The number of hydrogen-bond donors (Lipinski definition) is 0. The molecule has 8 bridgehead atoms. The minimum Gasteiger partial charge on any atom is -0.496 e. The van der Waals surface area contributed by atoms with Crippen molar-refractivity contribution in [3.8, 4) is 34.5 Å². The molecule has 0 aliphatic heterocycles. The van der Waals surface area contributed by atoms with E-state index < -0.39 is 15.8 Å². The molecule has 0 heterocycles. The molecule has 8 heteroatoms. The van der Waals surface area contributed by atoms with Crippen LogP contribution in [0.15, 0.2) is 170 Å². The van der Waals surface area contributed by atoms with Crippen LogP contribution in [0.2, 0.25) is 0 Å². The van der Waals surface area contributed by atoms with Crippen LogP contribution in [0.4, 0.5) is 0 Å². The zero-order chi connectivity index (χ0) is 51.2. The second kappa shape index (κ2) is 25.6. The third kappa shape index (κ3) is 11.8. The molecule has 8 aromatic rings. The molecule has 0 aromatic heterocycles. The van der Waals surface area contributed by atoms with Gasteiger partial charge < -0.3 is 28.4 Å². The van der Waals surface area contributed by atoms with Crippen molar-refractivity contribution in [3.05, 3.63) is 214 Å². The van der Waals surface area contributed by atoms with Crippen LogP contribution >= 0.6 is 15.8 Å². The molecule has 0 saturated heterocycles. The Balaban J connectivity index is 1.34. The van der Waals surface area contributed by atoms with Crippen molar-refractivity contribution in [2.45, 2.75) is 79.1 Å². The fourth-order valence-corrected chi connectivity index (χ4v) is 15.1. The molecule has 0 radical (unpaired) electrons. The Labute approximate surface area is 442 Å². The lowest BCUT2D eigenvalue weighted by molar-refractivity contribution is 0.305. The maximum atomic E-state index is 7.03. The molecule has 0 saturated carbocycles. The minimum atomic E-state index is -1.07. The van der Waals surface area contributed by atoms with E-state index in [0.717, 1.165) is 105 Å². The van der Waals surface area contributed by atoms with Gasteiger partial charge in [0.2, 0.25) is 0 Å². The van der Waals surface area contributed by atoms with Gasteiger partial charge in [0, 0.05) is 36.3 Å². The van der Waals surface area contributed by atoms with Crippen LogP contribution in [0.25, 0.3) is 0 Å². The summed E-state index contributed by atoms with van der Waals surface area (Å²) in [7, 11) is 1.41. The third-order valence-electron chi connectivity index (χ3n) is 13.3. The lowest BCUT2D eigenvalue weighted by Gasteiger charge is -2.27. The molecule has 74 heavy (non-hydrogen) atoms. The number of methoxy groups -OCH3 is 2. The standard InChI is InChI=1S/C66H70O6P2/c1-7-35-69-63-47-23-21-24-48(63)40-52-44-58(74(56-29-15-12-16-30-56)62-34-20-18-32-60(62)68-6)46-54(66(52)72-38-10-4)42-50-26-22-25-49(64(50)70-36-8-2)41-53-45-57(43-51(39-47)65(53)71-37-9-3)73(55-27-13-11-14-28-55)61-33-19-17-31-59(61)67-5/h11-34,43-46H,7-10,35-42H2,1-6H3. The van der Waals surface area contributed by atoms with Gasteiger partial charge in [-0.1, -0.05) is 161 Å². The quantitative estimate of drug-likeness (QED) is 0.0709. The van der Waals surface area contributed by atoms with E-state index in [2.05, 4.69) is 198 Å². The monoisotopic (exact) mass is 1020 g/mol. The van der Waals surface area contributed by atoms with Crippen LogP contribution in [0.5, 0.6) is 34.5 Å². The summed E-state index contributed by atoms with van der Waals surface area (Å²) in [6, 6.07) is 61.9. The number of fused-ring (bicyclic) bond motifs is 8. The van der Waals surface area contributed by atoms with E-state index in [4.69, 9.17) is 28.4 Å².